The maximum absolute atomic E-state index is 12.8. The number of urea groups is 1. The summed E-state index contributed by atoms with van der Waals surface area (Å²) in [6.45, 7) is 0. The third-order valence-corrected chi connectivity index (χ3v) is 6.28. The number of alkyl halides is 6. The fourth-order valence-corrected chi connectivity index (χ4v) is 4.19. The van der Waals surface area contributed by atoms with Crippen molar-refractivity contribution in [3.63, 3.8) is 0 Å². The number of nitrogen functional groups attached to an aromatic ring is 1. The van der Waals surface area contributed by atoms with E-state index in [-0.39, 0.29) is 44.3 Å². The molecule has 5 aromatic rings. The van der Waals surface area contributed by atoms with Crippen LogP contribution in [0.4, 0.5) is 42.8 Å². The molecule has 0 saturated heterocycles. The second-order valence-corrected chi connectivity index (χ2v) is 9.67. The highest BCUT2D eigenvalue weighted by Crippen LogP contribution is 2.34. The van der Waals surface area contributed by atoms with Gasteiger partial charge in [0.15, 0.2) is 23.2 Å². The van der Waals surface area contributed by atoms with Gasteiger partial charge in [-0.05, 0) is 36.4 Å². The fourth-order valence-electron chi connectivity index (χ4n) is 3.62. The number of anilines is 2. The van der Waals surface area contributed by atoms with Crippen molar-refractivity contribution in [3.05, 3.63) is 106 Å². The molecule has 0 atom stereocenters. The van der Waals surface area contributed by atoms with Gasteiger partial charge in [0.25, 0.3) is 5.91 Å². The van der Waals surface area contributed by atoms with E-state index in [4.69, 9.17) is 38.0 Å². The summed E-state index contributed by atoms with van der Waals surface area (Å²) in [6, 6.07) is 15.2. The van der Waals surface area contributed by atoms with Gasteiger partial charge in [0.2, 0.25) is 0 Å². The first-order chi connectivity index (χ1) is 21.1. The molecule has 45 heavy (non-hydrogen) atoms. The zero-order valence-electron chi connectivity index (χ0n) is 22.1. The van der Waals surface area contributed by atoms with Crippen LogP contribution in [0, 0.1) is 0 Å². The van der Waals surface area contributed by atoms with Gasteiger partial charge in [0, 0.05) is 23.3 Å². The molecule has 9 nitrogen and oxygen atoms in total. The van der Waals surface area contributed by atoms with Crippen LogP contribution in [0.5, 0.6) is 0 Å². The largest absolute Gasteiger partial charge is 0.416 e. The standard InChI is InChI=1S/C18H10Cl2F3N3O3.C10H7F3N2O/c19-11-5-2-6-12(20)15(11)16(27)25-17(28)24-14-8-13(29-26-14)9-3-1-4-10(7-9)18(21,22)23;11-10(12,13)7-3-1-2-6(4-7)8-5-9(14)15-16-8/h1-8H,(H2,24,25,26,27,28);1-5H,(H2,14,15). The number of benzene rings is 3. The predicted octanol–water partition coefficient (Wildman–Crippen LogP) is 8.57. The molecule has 3 amide bonds. The monoisotopic (exact) mass is 671 g/mol. The van der Waals surface area contributed by atoms with E-state index in [1.165, 1.54) is 54.6 Å². The molecular formula is C28H17Cl2F6N5O4. The first-order valence-electron chi connectivity index (χ1n) is 12.2. The minimum absolute atomic E-state index is 0.00752. The molecule has 0 radical (unpaired) electrons. The Kier molecular flexibility index (Phi) is 9.73. The highest BCUT2D eigenvalue weighted by Gasteiger charge is 2.31. The number of rotatable bonds is 4. The van der Waals surface area contributed by atoms with Gasteiger partial charge in [0.1, 0.15) is 0 Å². The van der Waals surface area contributed by atoms with Gasteiger partial charge in [-0.2, -0.15) is 26.3 Å². The highest BCUT2D eigenvalue weighted by molar-refractivity contribution is 6.40. The van der Waals surface area contributed by atoms with Crippen molar-refractivity contribution in [2.24, 2.45) is 0 Å². The number of carbonyl (C=O) groups is 2. The van der Waals surface area contributed by atoms with E-state index in [2.05, 4.69) is 15.6 Å². The number of hydrogen-bond donors (Lipinski definition) is 3. The Balaban J connectivity index is 0.000000242. The van der Waals surface area contributed by atoms with Gasteiger partial charge in [-0.25, -0.2) is 4.79 Å². The SMILES string of the molecule is Nc1cc(-c2cccc(C(F)(F)F)c2)on1.O=C(NC(=O)c1c(Cl)cccc1Cl)Nc1cc(-c2cccc(C(F)(F)F)c2)on1. The van der Waals surface area contributed by atoms with Crippen molar-refractivity contribution in [2.75, 3.05) is 11.1 Å². The van der Waals surface area contributed by atoms with E-state index in [0.717, 1.165) is 24.3 Å². The summed E-state index contributed by atoms with van der Waals surface area (Å²) in [5, 5.41) is 11.3. The summed E-state index contributed by atoms with van der Waals surface area (Å²) in [6.07, 6.45) is -8.89. The van der Waals surface area contributed by atoms with Crippen LogP contribution in [-0.2, 0) is 12.4 Å². The van der Waals surface area contributed by atoms with Crippen LogP contribution >= 0.6 is 23.2 Å². The Labute approximate surface area is 258 Å². The maximum Gasteiger partial charge on any atom is 0.416 e. The second-order valence-electron chi connectivity index (χ2n) is 8.85. The van der Waals surface area contributed by atoms with Crippen molar-refractivity contribution >= 4 is 46.8 Å². The Morgan fingerprint density at radius 2 is 1.20 bits per heavy atom. The number of aromatic nitrogens is 2. The number of hydrogen-bond acceptors (Lipinski definition) is 7. The lowest BCUT2D eigenvalue weighted by atomic mass is 10.1. The Bertz CT molecular complexity index is 1820. The van der Waals surface area contributed by atoms with E-state index < -0.39 is 35.4 Å². The molecule has 2 heterocycles. The molecule has 0 saturated carbocycles. The smallest absolute Gasteiger partial charge is 0.381 e. The van der Waals surface area contributed by atoms with Crippen molar-refractivity contribution in [1.29, 1.82) is 0 Å². The Morgan fingerprint density at radius 1 is 0.711 bits per heavy atom. The summed E-state index contributed by atoms with van der Waals surface area (Å²) in [5.41, 5.74) is 4.03. The fraction of sp³-hybridized carbons (Fsp3) is 0.0714. The highest BCUT2D eigenvalue weighted by atomic mass is 35.5. The lowest BCUT2D eigenvalue weighted by Crippen LogP contribution is -2.34. The Morgan fingerprint density at radius 3 is 1.69 bits per heavy atom. The molecule has 3 aromatic carbocycles. The third-order valence-electron chi connectivity index (χ3n) is 5.65. The molecule has 0 aliphatic heterocycles. The van der Waals surface area contributed by atoms with Crippen LogP contribution in [0.2, 0.25) is 10.0 Å². The normalized spacial score (nSPS) is 11.4. The molecule has 0 spiro atoms. The minimum atomic E-state index is -4.52. The van der Waals surface area contributed by atoms with Crippen molar-refractivity contribution in [2.45, 2.75) is 12.4 Å². The number of carbonyl (C=O) groups excluding carboxylic acids is 2. The van der Waals surface area contributed by atoms with E-state index >= 15 is 0 Å². The number of nitrogens with one attached hydrogen (secondary N) is 2. The maximum atomic E-state index is 12.8. The first kappa shape index (κ1) is 32.9. The lowest BCUT2D eigenvalue weighted by Gasteiger charge is -2.07. The van der Waals surface area contributed by atoms with Gasteiger partial charge in [-0.3, -0.25) is 15.4 Å². The molecule has 2 aromatic heterocycles. The molecule has 17 heteroatoms. The topological polar surface area (TPSA) is 136 Å². The first-order valence-corrected chi connectivity index (χ1v) is 13.0. The molecule has 0 unspecified atom stereocenters. The van der Waals surface area contributed by atoms with Crippen LogP contribution < -0.4 is 16.4 Å². The molecule has 4 N–H and O–H groups in total. The van der Waals surface area contributed by atoms with Gasteiger partial charge in [-0.1, -0.05) is 63.8 Å². The second kappa shape index (κ2) is 13.3. The summed E-state index contributed by atoms with van der Waals surface area (Å²) in [5.74, 6) is -0.629. The molecule has 234 valence electrons. The zero-order chi connectivity index (χ0) is 32.9. The van der Waals surface area contributed by atoms with Crippen molar-refractivity contribution in [1.82, 2.24) is 15.6 Å². The van der Waals surface area contributed by atoms with E-state index in [1.807, 2.05) is 5.32 Å². The van der Waals surface area contributed by atoms with E-state index in [0.29, 0.717) is 5.56 Å². The Hall–Kier alpha value is -5.02. The van der Waals surface area contributed by atoms with Gasteiger partial charge >= 0.3 is 18.4 Å². The van der Waals surface area contributed by atoms with Crippen molar-refractivity contribution in [3.8, 4) is 22.6 Å². The van der Waals surface area contributed by atoms with Gasteiger partial charge < -0.3 is 14.8 Å². The number of nitrogens with two attached hydrogens (primary N) is 1. The van der Waals surface area contributed by atoms with Crippen LogP contribution in [0.15, 0.2) is 87.9 Å². The molecular weight excluding hydrogens is 655 g/mol. The molecule has 5 rings (SSSR count). The van der Waals surface area contributed by atoms with E-state index in [1.54, 1.807) is 0 Å². The molecule has 0 aliphatic carbocycles. The number of amides is 3. The molecule has 0 aliphatic rings. The van der Waals surface area contributed by atoms with Crippen LogP contribution in [0.1, 0.15) is 21.5 Å². The number of nitrogens with zero attached hydrogens (tertiary/aromatic N) is 2. The molecule has 0 bridgehead atoms. The summed E-state index contributed by atoms with van der Waals surface area (Å²) < 4.78 is 85.4. The average Bonchev–Trinajstić information content (AvgIpc) is 3.61. The number of imide groups is 1. The number of halogens is 8. The van der Waals surface area contributed by atoms with Crippen LogP contribution in [0.3, 0.4) is 0 Å². The predicted molar refractivity (Wildman–Crippen MR) is 151 cm³/mol. The lowest BCUT2D eigenvalue weighted by molar-refractivity contribution is -0.138. The minimum Gasteiger partial charge on any atom is -0.381 e. The summed E-state index contributed by atoms with van der Waals surface area (Å²) >= 11 is 11.8. The zero-order valence-corrected chi connectivity index (χ0v) is 23.6. The van der Waals surface area contributed by atoms with Gasteiger partial charge in [-0.15, -0.1) is 0 Å². The quantitative estimate of drug-likeness (QED) is 0.163. The van der Waals surface area contributed by atoms with Crippen LogP contribution in [-0.4, -0.2) is 22.3 Å². The van der Waals surface area contributed by atoms with Gasteiger partial charge in [0.05, 0.1) is 26.7 Å². The average molecular weight is 672 g/mol. The molecule has 0 fully saturated rings. The van der Waals surface area contributed by atoms with Crippen molar-refractivity contribution < 1.29 is 45.0 Å². The summed E-state index contributed by atoms with van der Waals surface area (Å²) in [4.78, 5) is 24.1. The summed E-state index contributed by atoms with van der Waals surface area (Å²) in [7, 11) is 0. The van der Waals surface area contributed by atoms with Crippen LogP contribution in [0.25, 0.3) is 22.6 Å². The van der Waals surface area contributed by atoms with E-state index in [9.17, 15) is 35.9 Å². The third kappa shape index (κ3) is 8.55.